The molecule has 0 radical (unpaired) electrons. The molecule has 0 aliphatic heterocycles. The van der Waals surface area contributed by atoms with Crippen molar-refractivity contribution in [3.63, 3.8) is 0 Å². The summed E-state index contributed by atoms with van der Waals surface area (Å²) in [5.74, 6) is -0.0109. The van der Waals surface area contributed by atoms with Crippen LogP contribution in [0.5, 0.6) is 0 Å². The molecule has 3 rings (SSSR count). The molecule has 128 valence electrons. The Morgan fingerprint density at radius 3 is 2.92 bits per heavy atom. The van der Waals surface area contributed by atoms with E-state index in [1.54, 1.807) is 17.7 Å². The number of fused-ring (bicyclic) bond motifs is 1. The molecule has 0 spiro atoms. The molecule has 1 aromatic carbocycles. The lowest BCUT2D eigenvalue weighted by Gasteiger charge is -2.16. The number of nitrogens with zero attached hydrogens (tertiary/aromatic N) is 2. The molecule has 1 amide bonds. The van der Waals surface area contributed by atoms with E-state index in [4.69, 9.17) is 4.74 Å². The minimum absolute atomic E-state index is 0.0109. The van der Waals surface area contributed by atoms with Crippen LogP contribution in [0.25, 0.3) is 10.9 Å². The van der Waals surface area contributed by atoms with Gasteiger partial charge in [0, 0.05) is 13.2 Å². The minimum Gasteiger partial charge on any atom is -0.383 e. The van der Waals surface area contributed by atoms with Crippen LogP contribution in [0.15, 0.2) is 34.2 Å². The summed E-state index contributed by atoms with van der Waals surface area (Å²) < 4.78 is 6.70. The lowest BCUT2D eigenvalue weighted by molar-refractivity contribution is -0.120. The number of carbonyl (C=O) groups is 1. The highest BCUT2D eigenvalue weighted by atomic mass is 32.2. The van der Waals surface area contributed by atoms with Gasteiger partial charge < -0.3 is 10.1 Å². The maximum atomic E-state index is 12.7. The second kappa shape index (κ2) is 7.36. The van der Waals surface area contributed by atoms with Gasteiger partial charge in [-0.3, -0.25) is 14.2 Å². The van der Waals surface area contributed by atoms with E-state index >= 15 is 0 Å². The molecule has 1 aliphatic carbocycles. The van der Waals surface area contributed by atoms with Crippen LogP contribution in [0.1, 0.15) is 19.8 Å². The minimum atomic E-state index is -0.313. The predicted molar refractivity (Wildman–Crippen MR) is 94.4 cm³/mol. The summed E-state index contributed by atoms with van der Waals surface area (Å²) in [5.41, 5.74) is 0.545. The van der Waals surface area contributed by atoms with Gasteiger partial charge in [-0.1, -0.05) is 23.9 Å². The Labute approximate surface area is 144 Å². The molecule has 1 N–H and O–H groups in total. The van der Waals surface area contributed by atoms with Crippen molar-refractivity contribution < 1.29 is 9.53 Å². The molecular formula is C17H21N3O3S. The number of thioether (sulfide) groups is 1. The van der Waals surface area contributed by atoms with E-state index in [0.29, 0.717) is 35.3 Å². The second-order valence-electron chi connectivity index (χ2n) is 5.90. The number of para-hydroxylation sites is 1. The molecule has 1 aromatic heterocycles. The average Bonchev–Trinajstić information content (AvgIpc) is 3.38. The third-order valence-corrected chi connectivity index (χ3v) is 5.01. The summed E-state index contributed by atoms with van der Waals surface area (Å²) >= 11 is 1.31. The molecular weight excluding hydrogens is 326 g/mol. The van der Waals surface area contributed by atoms with E-state index in [0.717, 1.165) is 12.8 Å². The van der Waals surface area contributed by atoms with Crippen LogP contribution in [-0.2, 0) is 16.1 Å². The van der Waals surface area contributed by atoms with Gasteiger partial charge in [0.2, 0.25) is 5.91 Å². The van der Waals surface area contributed by atoms with E-state index in [1.165, 1.54) is 11.8 Å². The standard InChI is InChI=1S/C17H21N3O3S/c1-11(15(21)18-12-7-8-12)24-17-19-14-6-4-3-5-13(14)16(22)20(17)9-10-23-2/h3-6,11-12H,7-10H2,1-2H3,(H,18,21)/t11-/m1/s1. The summed E-state index contributed by atoms with van der Waals surface area (Å²) in [6.45, 7) is 2.66. The van der Waals surface area contributed by atoms with Crippen LogP contribution >= 0.6 is 11.8 Å². The van der Waals surface area contributed by atoms with Gasteiger partial charge in [-0.15, -0.1) is 0 Å². The highest BCUT2D eigenvalue weighted by Crippen LogP contribution is 2.24. The molecule has 1 aliphatic rings. The lowest BCUT2D eigenvalue weighted by Crippen LogP contribution is -2.33. The zero-order chi connectivity index (χ0) is 17.1. The number of benzene rings is 1. The van der Waals surface area contributed by atoms with Crippen LogP contribution in [0.2, 0.25) is 0 Å². The zero-order valence-corrected chi connectivity index (χ0v) is 14.6. The van der Waals surface area contributed by atoms with Gasteiger partial charge in [-0.25, -0.2) is 4.98 Å². The fourth-order valence-electron chi connectivity index (χ4n) is 2.38. The molecule has 0 unspecified atom stereocenters. The van der Waals surface area contributed by atoms with Gasteiger partial charge >= 0.3 is 0 Å². The average molecular weight is 347 g/mol. The quantitative estimate of drug-likeness (QED) is 0.611. The maximum absolute atomic E-state index is 12.7. The van der Waals surface area contributed by atoms with Crippen LogP contribution in [0.4, 0.5) is 0 Å². The Bertz CT molecular complexity index is 801. The SMILES string of the molecule is COCCn1c(S[C@H](C)C(=O)NC2CC2)nc2ccccc2c1=O. The first-order valence-corrected chi connectivity index (χ1v) is 8.93. The van der Waals surface area contributed by atoms with Gasteiger partial charge in [-0.05, 0) is 31.9 Å². The Balaban J connectivity index is 1.91. The smallest absolute Gasteiger partial charge is 0.262 e. The van der Waals surface area contributed by atoms with Crippen molar-refractivity contribution in [2.24, 2.45) is 0 Å². The summed E-state index contributed by atoms with van der Waals surface area (Å²) in [6, 6.07) is 7.58. The highest BCUT2D eigenvalue weighted by molar-refractivity contribution is 8.00. The lowest BCUT2D eigenvalue weighted by atomic mass is 10.2. The molecule has 0 saturated heterocycles. The highest BCUT2D eigenvalue weighted by Gasteiger charge is 2.27. The Morgan fingerprint density at radius 2 is 2.21 bits per heavy atom. The summed E-state index contributed by atoms with van der Waals surface area (Å²) in [6.07, 6.45) is 2.10. The molecule has 1 atom stereocenters. The molecule has 24 heavy (non-hydrogen) atoms. The molecule has 0 bridgehead atoms. The molecule has 1 fully saturated rings. The van der Waals surface area contributed by atoms with Crippen LogP contribution in [0.3, 0.4) is 0 Å². The first-order chi connectivity index (χ1) is 11.6. The van der Waals surface area contributed by atoms with Gasteiger partial charge in [0.1, 0.15) is 0 Å². The van der Waals surface area contributed by atoms with Crippen molar-refractivity contribution in [2.75, 3.05) is 13.7 Å². The number of hydrogen-bond donors (Lipinski definition) is 1. The first-order valence-electron chi connectivity index (χ1n) is 8.05. The Kier molecular flexibility index (Phi) is 5.20. The number of amides is 1. The van der Waals surface area contributed by atoms with Crippen LogP contribution in [0, 0.1) is 0 Å². The van der Waals surface area contributed by atoms with Gasteiger partial charge in [-0.2, -0.15) is 0 Å². The largest absolute Gasteiger partial charge is 0.383 e. The predicted octanol–water partition coefficient (Wildman–Crippen LogP) is 1.80. The van der Waals surface area contributed by atoms with Crippen molar-refractivity contribution in [1.82, 2.24) is 14.9 Å². The number of carbonyl (C=O) groups excluding carboxylic acids is 1. The molecule has 2 aromatic rings. The number of methoxy groups -OCH3 is 1. The fraction of sp³-hybridized carbons (Fsp3) is 0.471. The second-order valence-corrected chi connectivity index (χ2v) is 7.21. The van der Waals surface area contributed by atoms with Crippen molar-refractivity contribution in [1.29, 1.82) is 0 Å². The van der Waals surface area contributed by atoms with E-state index in [9.17, 15) is 9.59 Å². The Hall–Kier alpha value is -1.86. The number of ether oxygens (including phenoxy) is 1. The maximum Gasteiger partial charge on any atom is 0.262 e. The van der Waals surface area contributed by atoms with E-state index < -0.39 is 0 Å². The summed E-state index contributed by atoms with van der Waals surface area (Å²) in [7, 11) is 1.60. The summed E-state index contributed by atoms with van der Waals surface area (Å²) in [5, 5.41) is 3.80. The van der Waals surface area contributed by atoms with Crippen LogP contribution in [-0.4, -0.2) is 40.5 Å². The monoisotopic (exact) mass is 347 g/mol. The van der Waals surface area contributed by atoms with E-state index in [1.807, 2.05) is 25.1 Å². The van der Waals surface area contributed by atoms with Crippen molar-refractivity contribution in [3.8, 4) is 0 Å². The number of nitrogens with one attached hydrogen (secondary N) is 1. The zero-order valence-electron chi connectivity index (χ0n) is 13.8. The molecule has 6 nitrogen and oxygen atoms in total. The third-order valence-electron chi connectivity index (χ3n) is 3.92. The van der Waals surface area contributed by atoms with Crippen molar-refractivity contribution in [3.05, 3.63) is 34.6 Å². The van der Waals surface area contributed by atoms with Gasteiger partial charge in [0.05, 0.1) is 29.3 Å². The number of aromatic nitrogens is 2. The Morgan fingerprint density at radius 1 is 1.46 bits per heavy atom. The first kappa shape index (κ1) is 17.0. The van der Waals surface area contributed by atoms with Gasteiger partial charge in [0.15, 0.2) is 5.16 Å². The topological polar surface area (TPSA) is 73.2 Å². The van der Waals surface area contributed by atoms with Crippen LogP contribution < -0.4 is 10.9 Å². The van der Waals surface area contributed by atoms with E-state index in [2.05, 4.69) is 10.3 Å². The van der Waals surface area contributed by atoms with E-state index in [-0.39, 0.29) is 16.7 Å². The van der Waals surface area contributed by atoms with Crippen molar-refractivity contribution in [2.45, 2.75) is 42.8 Å². The molecule has 1 heterocycles. The molecule has 1 saturated carbocycles. The normalized spacial score (nSPS) is 15.4. The summed E-state index contributed by atoms with van der Waals surface area (Å²) in [4.78, 5) is 29.5. The third kappa shape index (κ3) is 3.79. The fourth-order valence-corrected chi connectivity index (χ4v) is 3.32. The number of hydrogen-bond acceptors (Lipinski definition) is 5. The van der Waals surface area contributed by atoms with Crippen molar-refractivity contribution >= 4 is 28.6 Å². The van der Waals surface area contributed by atoms with Gasteiger partial charge in [0.25, 0.3) is 5.56 Å². The number of rotatable bonds is 7. The molecule has 7 heteroatoms.